The van der Waals surface area contributed by atoms with Crippen LogP contribution in [0.3, 0.4) is 0 Å². The molecule has 0 atom stereocenters. The van der Waals surface area contributed by atoms with E-state index >= 15 is 0 Å². The molecule has 2 N–H and O–H groups in total. The van der Waals surface area contributed by atoms with Gasteiger partial charge >= 0.3 is 0 Å². The van der Waals surface area contributed by atoms with E-state index in [0.29, 0.717) is 17.3 Å². The minimum atomic E-state index is -0.533. The van der Waals surface area contributed by atoms with E-state index in [1.54, 1.807) is 6.92 Å². The van der Waals surface area contributed by atoms with E-state index in [2.05, 4.69) is 20.8 Å². The number of amides is 1. The zero-order chi connectivity index (χ0) is 15.4. The summed E-state index contributed by atoms with van der Waals surface area (Å²) in [4.78, 5) is 26.0. The van der Waals surface area contributed by atoms with E-state index in [4.69, 9.17) is 4.52 Å². The van der Waals surface area contributed by atoms with Crippen molar-refractivity contribution in [2.75, 3.05) is 12.4 Å². The van der Waals surface area contributed by atoms with Crippen LogP contribution in [0.5, 0.6) is 0 Å². The van der Waals surface area contributed by atoms with Gasteiger partial charge in [0.1, 0.15) is 5.69 Å². The van der Waals surface area contributed by atoms with Crippen molar-refractivity contribution < 1.29 is 14.2 Å². The number of aromatic nitrogens is 2. The number of rotatable bonds is 5. The first-order valence-electron chi connectivity index (χ1n) is 6.05. The molecular weight excluding hydrogens is 278 g/mol. The number of hydrogen-bond donors (Lipinski definition) is 2. The highest BCUT2D eigenvalue weighted by molar-refractivity contribution is 5.95. The van der Waals surface area contributed by atoms with Gasteiger partial charge in [0.05, 0.1) is 11.5 Å². The van der Waals surface area contributed by atoms with Crippen molar-refractivity contribution in [3.8, 4) is 0 Å². The fourth-order valence-corrected chi connectivity index (χ4v) is 1.71. The molecule has 2 rings (SSSR count). The number of nitrogens with zero attached hydrogens (tertiary/aromatic N) is 3. The van der Waals surface area contributed by atoms with Crippen LogP contribution < -0.4 is 10.6 Å². The van der Waals surface area contributed by atoms with Crippen LogP contribution >= 0.6 is 0 Å². The maximum atomic E-state index is 11.6. The first-order chi connectivity index (χ1) is 10.0. The molecule has 0 spiro atoms. The third-order valence-electron chi connectivity index (χ3n) is 2.68. The zero-order valence-corrected chi connectivity index (χ0v) is 11.4. The van der Waals surface area contributed by atoms with Crippen molar-refractivity contribution in [1.82, 2.24) is 15.5 Å². The maximum Gasteiger partial charge on any atom is 0.292 e. The van der Waals surface area contributed by atoms with Crippen LogP contribution in [-0.4, -0.2) is 28.0 Å². The lowest BCUT2D eigenvalue weighted by molar-refractivity contribution is -0.384. The van der Waals surface area contributed by atoms with Crippen LogP contribution in [0.1, 0.15) is 22.1 Å². The van der Waals surface area contributed by atoms with Crippen molar-refractivity contribution in [2.24, 2.45) is 0 Å². The van der Waals surface area contributed by atoms with Crippen molar-refractivity contribution in [3.05, 3.63) is 45.6 Å². The minimum absolute atomic E-state index is 0.124. The molecule has 2 aromatic rings. The number of anilines is 1. The number of carbonyl (C=O) groups excluding carboxylic acids is 1. The van der Waals surface area contributed by atoms with E-state index < -0.39 is 4.92 Å². The quantitative estimate of drug-likeness (QED) is 0.627. The Balaban J connectivity index is 2.25. The third kappa shape index (κ3) is 3.32. The van der Waals surface area contributed by atoms with Crippen LogP contribution in [0, 0.1) is 17.0 Å². The molecule has 0 aliphatic rings. The predicted octanol–water partition coefficient (Wildman–Crippen LogP) is 1.26. The SMILES string of the molecule is CNC(=O)c1ccc([N+](=O)[O-])c(NCc2nc(C)no2)c1. The number of nitro groups is 1. The fourth-order valence-electron chi connectivity index (χ4n) is 1.71. The molecule has 0 saturated heterocycles. The van der Waals surface area contributed by atoms with Crippen LogP contribution in [0.4, 0.5) is 11.4 Å². The normalized spacial score (nSPS) is 10.2. The van der Waals surface area contributed by atoms with E-state index in [0.717, 1.165) is 0 Å². The molecule has 0 fully saturated rings. The molecule has 0 aliphatic carbocycles. The second-order valence-electron chi connectivity index (χ2n) is 4.16. The van der Waals surface area contributed by atoms with Gasteiger partial charge in [-0.25, -0.2) is 0 Å². The topological polar surface area (TPSA) is 123 Å². The molecule has 0 saturated carbocycles. The van der Waals surface area contributed by atoms with Gasteiger partial charge in [-0.15, -0.1) is 0 Å². The van der Waals surface area contributed by atoms with Crippen LogP contribution in [0.15, 0.2) is 22.7 Å². The number of benzene rings is 1. The number of hydrogen-bond acceptors (Lipinski definition) is 7. The average molecular weight is 291 g/mol. The molecule has 0 radical (unpaired) electrons. The number of nitrogens with one attached hydrogen (secondary N) is 2. The molecule has 21 heavy (non-hydrogen) atoms. The molecular formula is C12H13N5O4. The molecule has 0 aliphatic heterocycles. The Labute approximate surface area is 119 Å². The van der Waals surface area contributed by atoms with Crippen molar-refractivity contribution in [1.29, 1.82) is 0 Å². The second-order valence-corrected chi connectivity index (χ2v) is 4.16. The Morgan fingerprint density at radius 2 is 2.24 bits per heavy atom. The highest BCUT2D eigenvalue weighted by Crippen LogP contribution is 2.26. The summed E-state index contributed by atoms with van der Waals surface area (Å²) in [7, 11) is 1.48. The van der Waals surface area contributed by atoms with Gasteiger partial charge in [0, 0.05) is 18.7 Å². The van der Waals surface area contributed by atoms with Gasteiger partial charge in [0.2, 0.25) is 5.89 Å². The Morgan fingerprint density at radius 3 is 2.81 bits per heavy atom. The molecule has 9 nitrogen and oxygen atoms in total. The summed E-state index contributed by atoms with van der Waals surface area (Å²) in [6.07, 6.45) is 0. The summed E-state index contributed by atoms with van der Waals surface area (Å²) in [6.45, 7) is 1.79. The van der Waals surface area contributed by atoms with Gasteiger partial charge in [-0.2, -0.15) is 4.98 Å². The van der Waals surface area contributed by atoms with Gasteiger partial charge < -0.3 is 15.2 Å². The van der Waals surface area contributed by atoms with Crippen molar-refractivity contribution in [2.45, 2.75) is 13.5 Å². The molecule has 1 aromatic heterocycles. The first kappa shape index (κ1) is 14.4. The van der Waals surface area contributed by atoms with Crippen LogP contribution in [0.25, 0.3) is 0 Å². The van der Waals surface area contributed by atoms with Gasteiger partial charge in [-0.05, 0) is 19.1 Å². The summed E-state index contributed by atoms with van der Waals surface area (Å²) in [5, 5.41) is 19.9. The van der Waals surface area contributed by atoms with Crippen LogP contribution in [-0.2, 0) is 6.54 Å². The van der Waals surface area contributed by atoms with E-state index in [9.17, 15) is 14.9 Å². The van der Waals surface area contributed by atoms with Gasteiger partial charge in [0.25, 0.3) is 11.6 Å². The predicted molar refractivity (Wildman–Crippen MR) is 72.8 cm³/mol. The maximum absolute atomic E-state index is 11.6. The monoisotopic (exact) mass is 291 g/mol. The van der Waals surface area contributed by atoms with Crippen LogP contribution in [0.2, 0.25) is 0 Å². The lowest BCUT2D eigenvalue weighted by atomic mass is 10.1. The highest BCUT2D eigenvalue weighted by Gasteiger charge is 2.17. The van der Waals surface area contributed by atoms with Gasteiger partial charge in [-0.3, -0.25) is 14.9 Å². The minimum Gasteiger partial charge on any atom is -0.371 e. The number of aryl methyl sites for hydroxylation is 1. The summed E-state index contributed by atoms with van der Waals surface area (Å²) >= 11 is 0. The Kier molecular flexibility index (Phi) is 4.12. The first-order valence-corrected chi connectivity index (χ1v) is 6.05. The average Bonchev–Trinajstić information content (AvgIpc) is 2.89. The molecule has 0 bridgehead atoms. The Bertz CT molecular complexity index is 682. The van der Waals surface area contributed by atoms with Gasteiger partial charge in [0.15, 0.2) is 5.82 Å². The van der Waals surface area contributed by atoms with E-state index in [1.807, 2.05) is 0 Å². The fraction of sp³-hybridized carbons (Fsp3) is 0.250. The molecule has 110 valence electrons. The zero-order valence-electron chi connectivity index (χ0n) is 11.4. The molecule has 9 heteroatoms. The molecule has 0 unspecified atom stereocenters. The van der Waals surface area contributed by atoms with Crippen molar-refractivity contribution in [3.63, 3.8) is 0 Å². The van der Waals surface area contributed by atoms with Gasteiger partial charge in [-0.1, -0.05) is 5.16 Å². The lowest BCUT2D eigenvalue weighted by Crippen LogP contribution is -2.18. The largest absolute Gasteiger partial charge is 0.371 e. The van der Waals surface area contributed by atoms with Crippen molar-refractivity contribution >= 4 is 17.3 Å². The summed E-state index contributed by atoms with van der Waals surface area (Å²) < 4.78 is 4.91. The second kappa shape index (κ2) is 5.99. The van der Waals surface area contributed by atoms with E-state index in [-0.39, 0.29) is 23.8 Å². The number of nitro benzene ring substituents is 1. The molecule has 1 heterocycles. The van der Waals surface area contributed by atoms with E-state index in [1.165, 1.54) is 25.2 Å². The summed E-state index contributed by atoms with van der Waals surface area (Å²) in [6, 6.07) is 4.06. The standard InChI is InChI=1S/C12H13N5O4/c1-7-15-11(21-16-7)6-14-9-5-8(12(18)13-2)3-4-10(9)17(19)20/h3-5,14H,6H2,1-2H3,(H,13,18). The molecule has 1 amide bonds. The highest BCUT2D eigenvalue weighted by atomic mass is 16.6. The summed E-state index contributed by atoms with van der Waals surface area (Å²) in [5.74, 6) is 0.439. The smallest absolute Gasteiger partial charge is 0.292 e. The molecule has 1 aromatic carbocycles. The summed E-state index contributed by atoms with van der Waals surface area (Å²) in [5.41, 5.74) is 0.378. The Hall–Kier alpha value is -2.97. The lowest BCUT2D eigenvalue weighted by Gasteiger charge is -2.07. The Morgan fingerprint density at radius 1 is 1.48 bits per heavy atom. The third-order valence-corrected chi connectivity index (χ3v) is 2.68. The number of carbonyl (C=O) groups is 1.